The summed E-state index contributed by atoms with van der Waals surface area (Å²) in [6, 6.07) is 5.65. The van der Waals surface area contributed by atoms with Crippen LogP contribution in [-0.4, -0.2) is 75.9 Å². The van der Waals surface area contributed by atoms with Crippen LogP contribution in [0.4, 0.5) is 0 Å². The van der Waals surface area contributed by atoms with Crippen LogP contribution in [0.3, 0.4) is 0 Å². The first-order valence-corrected chi connectivity index (χ1v) is 8.61. The molecule has 0 atom stereocenters. The average molecular weight is 348 g/mol. The maximum atomic E-state index is 12.3. The summed E-state index contributed by atoms with van der Waals surface area (Å²) in [6.45, 7) is 6.88. The van der Waals surface area contributed by atoms with Gasteiger partial charge >= 0.3 is 0 Å². The summed E-state index contributed by atoms with van der Waals surface area (Å²) >= 11 is 0. The molecule has 138 valence electrons. The van der Waals surface area contributed by atoms with Crippen molar-refractivity contribution >= 4 is 12.0 Å². The van der Waals surface area contributed by atoms with Crippen LogP contribution in [0.5, 0.6) is 11.5 Å². The molecule has 1 heterocycles. The largest absolute Gasteiger partial charge is 0.493 e. The molecule has 0 saturated carbocycles. The Morgan fingerprint density at radius 1 is 1.32 bits per heavy atom. The lowest BCUT2D eigenvalue weighted by molar-refractivity contribution is -0.132. The maximum absolute atomic E-state index is 12.3. The molecule has 0 N–H and O–H groups in total. The number of hydrogen-bond acceptors (Lipinski definition) is 5. The van der Waals surface area contributed by atoms with Crippen LogP contribution in [-0.2, 0) is 9.53 Å². The Labute approximate surface area is 150 Å². The Bertz CT molecular complexity index is 583. The smallest absolute Gasteiger partial charge is 0.260 e. The van der Waals surface area contributed by atoms with Crippen LogP contribution < -0.4 is 9.47 Å². The zero-order chi connectivity index (χ0) is 18.1. The van der Waals surface area contributed by atoms with Crippen LogP contribution in [0.25, 0.3) is 6.08 Å². The number of rotatable bonds is 8. The van der Waals surface area contributed by atoms with Gasteiger partial charge in [0.1, 0.15) is 0 Å². The van der Waals surface area contributed by atoms with E-state index in [1.165, 1.54) is 0 Å². The predicted molar refractivity (Wildman–Crippen MR) is 98.1 cm³/mol. The number of allylic oxidation sites excluding steroid dienone is 1. The van der Waals surface area contributed by atoms with Crippen molar-refractivity contribution in [1.82, 2.24) is 9.80 Å². The van der Waals surface area contributed by atoms with Gasteiger partial charge in [-0.2, -0.15) is 0 Å². The van der Waals surface area contributed by atoms with Crippen LogP contribution in [0, 0.1) is 0 Å². The lowest BCUT2D eigenvalue weighted by Crippen LogP contribution is -2.42. The minimum atomic E-state index is -0.0483. The molecule has 0 aliphatic carbocycles. The van der Waals surface area contributed by atoms with E-state index in [0.717, 1.165) is 38.4 Å². The third kappa shape index (κ3) is 6.07. The van der Waals surface area contributed by atoms with Gasteiger partial charge in [0.15, 0.2) is 18.1 Å². The summed E-state index contributed by atoms with van der Waals surface area (Å²) in [5.74, 6) is 1.15. The van der Waals surface area contributed by atoms with Crippen molar-refractivity contribution in [1.29, 1.82) is 0 Å². The maximum Gasteiger partial charge on any atom is 0.260 e. The molecule has 1 saturated heterocycles. The van der Waals surface area contributed by atoms with Crippen molar-refractivity contribution in [2.24, 2.45) is 0 Å². The fourth-order valence-electron chi connectivity index (χ4n) is 2.59. The Kier molecular flexibility index (Phi) is 7.76. The van der Waals surface area contributed by atoms with Crippen molar-refractivity contribution in [3.05, 3.63) is 29.8 Å². The number of hydrogen-bond donors (Lipinski definition) is 0. The third-order valence-electron chi connectivity index (χ3n) is 4.18. The summed E-state index contributed by atoms with van der Waals surface area (Å²) in [5, 5.41) is 0. The molecule has 6 nitrogen and oxygen atoms in total. The molecule has 0 spiro atoms. The van der Waals surface area contributed by atoms with E-state index in [1.54, 1.807) is 19.1 Å². The van der Waals surface area contributed by atoms with Crippen molar-refractivity contribution in [3.8, 4) is 11.5 Å². The van der Waals surface area contributed by atoms with Gasteiger partial charge in [-0.1, -0.05) is 18.2 Å². The van der Waals surface area contributed by atoms with E-state index in [-0.39, 0.29) is 12.5 Å². The number of methoxy groups -OCH3 is 1. The van der Waals surface area contributed by atoms with Crippen molar-refractivity contribution in [3.63, 3.8) is 0 Å². The van der Waals surface area contributed by atoms with Gasteiger partial charge in [0, 0.05) is 33.2 Å². The topological polar surface area (TPSA) is 51.2 Å². The monoisotopic (exact) mass is 348 g/mol. The number of benzene rings is 1. The number of ether oxygens (including phenoxy) is 3. The molecular weight excluding hydrogens is 320 g/mol. The molecule has 25 heavy (non-hydrogen) atoms. The molecule has 1 aliphatic rings. The minimum Gasteiger partial charge on any atom is -0.493 e. The third-order valence-corrected chi connectivity index (χ3v) is 4.18. The van der Waals surface area contributed by atoms with Crippen molar-refractivity contribution in [2.45, 2.75) is 6.92 Å². The predicted octanol–water partition coefficient (Wildman–Crippen LogP) is 1.90. The Hall–Kier alpha value is -2.05. The van der Waals surface area contributed by atoms with E-state index < -0.39 is 0 Å². The molecule has 1 fully saturated rings. The summed E-state index contributed by atoms with van der Waals surface area (Å²) < 4.78 is 16.3. The van der Waals surface area contributed by atoms with Crippen LogP contribution in [0.15, 0.2) is 24.3 Å². The first-order valence-electron chi connectivity index (χ1n) is 8.61. The van der Waals surface area contributed by atoms with Gasteiger partial charge in [0.05, 0.1) is 20.3 Å². The Morgan fingerprint density at radius 3 is 2.76 bits per heavy atom. The zero-order valence-electron chi connectivity index (χ0n) is 15.4. The molecule has 1 amide bonds. The van der Waals surface area contributed by atoms with Gasteiger partial charge < -0.3 is 19.1 Å². The van der Waals surface area contributed by atoms with Crippen LogP contribution in [0.1, 0.15) is 12.5 Å². The second-order valence-electron chi connectivity index (χ2n) is 5.97. The molecule has 0 radical (unpaired) electrons. The van der Waals surface area contributed by atoms with Crippen LogP contribution in [0.2, 0.25) is 0 Å². The number of amides is 1. The number of carbonyl (C=O) groups is 1. The SMILES string of the molecule is CC=Cc1ccc(OCC(=O)N(C)CCN2CCOCC2)c(OC)c1. The highest BCUT2D eigenvalue weighted by Gasteiger charge is 2.15. The molecule has 0 aromatic heterocycles. The number of nitrogens with zero attached hydrogens (tertiary/aromatic N) is 2. The fraction of sp³-hybridized carbons (Fsp3) is 0.526. The fourth-order valence-corrected chi connectivity index (χ4v) is 2.59. The molecule has 1 aliphatic heterocycles. The molecule has 1 aromatic carbocycles. The van der Waals surface area contributed by atoms with E-state index in [2.05, 4.69) is 4.90 Å². The summed E-state index contributed by atoms with van der Waals surface area (Å²) in [4.78, 5) is 16.3. The summed E-state index contributed by atoms with van der Waals surface area (Å²) in [6.07, 6.45) is 3.94. The van der Waals surface area contributed by atoms with E-state index in [0.29, 0.717) is 18.0 Å². The Morgan fingerprint density at radius 2 is 2.08 bits per heavy atom. The molecule has 6 heteroatoms. The highest BCUT2D eigenvalue weighted by Crippen LogP contribution is 2.28. The average Bonchev–Trinajstić information content (AvgIpc) is 2.65. The first-order chi connectivity index (χ1) is 12.1. The van der Waals surface area contributed by atoms with E-state index in [4.69, 9.17) is 14.2 Å². The summed E-state index contributed by atoms with van der Waals surface area (Å²) in [5.41, 5.74) is 1.03. The second-order valence-corrected chi connectivity index (χ2v) is 5.97. The molecule has 1 aromatic rings. The second kappa shape index (κ2) is 10.1. The quantitative estimate of drug-likeness (QED) is 0.718. The van der Waals surface area contributed by atoms with Gasteiger partial charge in [-0.25, -0.2) is 0 Å². The lowest BCUT2D eigenvalue weighted by Gasteiger charge is -2.28. The van der Waals surface area contributed by atoms with Gasteiger partial charge in [-0.3, -0.25) is 9.69 Å². The van der Waals surface area contributed by atoms with Gasteiger partial charge in [-0.15, -0.1) is 0 Å². The number of morpholine rings is 1. The normalized spacial score (nSPS) is 15.3. The lowest BCUT2D eigenvalue weighted by atomic mass is 10.2. The summed E-state index contributed by atoms with van der Waals surface area (Å²) in [7, 11) is 3.40. The van der Waals surface area contributed by atoms with Crippen molar-refractivity contribution < 1.29 is 19.0 Å². The van der Waals surface area contributed by atoms with E-state index in [1.807, 2.05) is 37.3 Å². The van der Waals surface area contributed by atoms with Gasteiger partial charge in [0.25, 0.3) is 5.91 Å². The van der Waals surface area contributed by atoms with Gasteiger partial charge in [-0.05, 0) is 24.6 Å². The highest BCUT2D eigenvalue weighted by molar-refractivity contribution is 5.77. The number of likely N-dealkylation sites (N-methyl/N-ethyl adjacent to an activating group) is 1. The van der Waals surface area contributed by atoms with Crippen LogP contribution >= 0.6 is 0 Å². The standard InChI is InChI=1S/C19H28N2O4/c1-4-5-16-6-7-17(18(14-16)23-3)25-15-19(22)20(2)8-9-21-10-12-24-13-11-21/h4-7,14H,8-13,15H2,1-3H3. The molecule has 0 unspecified atom stereocenters. The van der Waals surface area contributed by atoms with Gasteiger partial charge in [0.2, 0.25) is 0 Å². The minimum absolute atomic E-state index is 0.00106. The molecule has 2 rings (SSSR count). The Balaban J connectivity index is 1.81. The molecular formula is C19H28N2O4. The number of carbonyl (C=O) groups excluding carboxylic acids is 1. The zero-order valence-corrected chi connectivity index (χ0v) is 15.4. The van der Waals surface area contributed by atoms with E-state index in [9.17, 15) is 4.79 Å². The first kappa shape index (κ1) is 19.3. The highest BCUT2D eigenvalue weighted by atomic mass is 16.5. The van der Waals surface area contributed by atoms with Crippen molar-refractivity contribution in [2.75, 3.05) is 60.2 Å². The van der Waals surface area contributed by atoms with E-state index >= 15 is 0 Å². The molecule has 0 bridgehead atoms.